The Labute approximate surface area is 69.8 Å². The van der Waals surface area contributed by atoms with E-state index in [0.717, 1.165) is 6.42 Å². The van der Waals surface area contributed by atoms with Crippen molar-refractivity contribution in [2.75, 3.05) is 0 Å². The lowest BCUT2D eigenvalue weighted by molar-refractivity contribution is 0.754. The molecule has 0 spiro atoms. The Morgan fingerprint density at radius 1 is 1.22 bits per heavy atom. The molecule has 0 saturated heterocycles. The van der Waals surface area contributed by atoms with Gasteiger partial charge in [0.2, 0.25) is 0 Å². The predicted octanol–water partition coefficient (Wildman–Crippen LogP) is 2.77. The van der Waals surface area contributed by atoms with Gasteiger partial charge >= 0.3 is 0 Å². The molecule has 52 valence electrons. The van der Waals surface area contributed by atoms with Crippen LogP contribution in [0.25, 0.3) is 0 Å². The highest BCUT2D eigenvalue weighted by Crippen LogP contribution is 2.26. The van der Waals surface area contributed by atoms with E-state index in [0.29, 0.717) is 0 Å². The molecule has 1 aliphatic carbocycles. The topological polar surface area (TPSA) is 0 Å². The predicted molar refractivity (Wildman–Crippen MR) is 42.7 cm³/mol. The van der Waals surface area contributed by atoms with E-state index < -0.39 is 0 Å². The van der Waals surface area contributed by atoms with Crippen molar-refractivity contribution in [2.45, 2.75) is 22.6 Å². The quantitative estimate of drug-likeness (QED) is 0.402. The number of rotatable bonds is 0. The molecular weight excluding hydrogens is 178 g/mol. The molecule has 0 bridgehead atoms. The number of halogens is 3. The van der Waals surface area contributed by atoms with Crippen molar-refractivity contribution in [3.63, 3.8) is 0 Å². The zero-order valence-electron chi connectivity index (χ0n) is 4.73. The van der Waals surface area contributed by atoms with Crippen molar-refractivity contribution in [2.24, 2.45) is 0 Å². The van der Waals surface area contributed by atoms with Gasteiger partial charge in [-0.3, -0.25) is 0 Å². The van der Waals surface area contributed by atoms with Gasteiger partial charge < -0.3 is 0 Å². The number of allylic oxidation sites excluding steroid dienone is 2. The minimum absolute atomic E-state index is 0.000772. The average Bonchev–Trinajstić information content (AvgIpc) is 1.83. The highest BCUT2D eigenvalue weighted by molar-refractivity contribution is 6.35. The van der Waals surface area contributed by atoms with Crippen LogP contribution in [0.1, 0.15) is 6.42 Å². The zero-order chi connectivity index (χ0) is 6.85. The van der Waals surface area contributed by atoms with Crippen LogP contribution >= 0.6 is 34.8 Å². The summed E-state index contributed by atoms with van der Waals surface area (Å²) in [6.07, 6.45) is 4.69. The third-order valence-corrected chi connectivity index (χ3v) is 3.03. The maximum Gasteiger partial charge on any atom is 0.0701 e. The van der Waals surface area contributed by atoms with E-state index in [1.807, 2.05) is 12.2 Å². The fraction of sp³-hybridized carbons (Fsp3) is 0.667. The van der Waals surface area contributed by atoms with E-state index >= 15 is 0 Å². The van der Waals surface area contributed by atoms with Gasteiger partial charge in [0.25, 0.3) is 0 Å². The molecule has 1 rings (SSSR count). The molecule has 1 aliphatic rings. The SMILES string of the molecule is ClC1C=CCC(Cl)C1Cl. The third kappa shape index (κ3) is 1.76. The summed E-state index contributed by atoms with van der Waals surface area (Å²) >= 11 is 17.4. The first-order valence-corrected chi connectivity index (χ1v) is 4.11. The standard InChI is InChI=1S/C6H7Cl3/c7-4-2-1-3-5(8)6(4)9/h1-2,4-6H,3H2. The first-order chi connectivity index (χ1) is 4.22. The van der Waals surface area contributed by atoms with Gasteiger partial charge in [-0.05, 0) is 6.42 Å². The number of hydrogen-bond acceptors (Lipinski definition) is 0. The minimum atomic E-state index is -0.113. The summed E-state index contributed by atoms with van der Waals surface area (Å²) in [5.41, 5.74) is 0. The molecule has 3 heteroatoms. The van der Waals surface area contributed by atoms with Crippen molar-refractivity contribution < 1.29 is 0 Å². The molecule has 0 radical (unpaired) electrons. The summed E-state index contributed by atoms with van der Waals surface area (Å²) in [6, 6.07) is 0. The largest absolute Gasteiger partial charge is 0.121 e. The van der Waals surface area contributed by atoms with Gasteiger partial charge in [0.1, 0.15) is 0 Å². The first kappa shape index (κ1) is 7.71. The Balaban J connectivity index is 2.58. The smallest absolute Gasteiger partial charge is 0.0701 e. The fourth-order valence-electron chi connectivity index (χ4n) is 0.774. The van der Waals surface area contributed by atoms with Crippen LogP contribution in [0.15, 0.2) is 12.2 Å². The molecule has 0 amide bonds. The van der Waals surface area contributed by atoms with E-state index in [1.54, 1.807) is 0 Å². The van der Waals surface area contributed by atoms with E-state index in [1.165, 1.54) is 0 Å². The second-order valence-corrected chi connectivity index (χ2v) is 3.64. The summed E-state index contributed by atoms with van der Waals surface area (Å²) in [7, 11) is 0. The molecule has 0 saturated carbocycles. The van der Waals surface area contributed by atoms with Gasteiger partial charge in [-0.15, -0.1) is 34.8 Å². The van der Waals surface area contributed by atoms with E-state index in [4.69, 9.17) is 34.8 Å². The van der Waals surface area contributed by atoms with Crippen LogP contribution < -0.4 is 0 Å². The molecular formula is C6H7Cl3. The van der Waals surface area contributed by atoms with Gasteiger partial charge in [-0.2, -0.15) is 0 Å². The Kier molecular flexibility index (Phi) is 2.69. The van der Waals surface area contributed by atoms with Crippen LogP contribution in [-0.4, -0.2) is 16.1 Å². The molecule has 0 heterocycles. The second-order valence-electron chi connectivity index (χ2n) is 2.07. The molecule has 0 nitrogen and oxygen atoms in total. The highest BCUT2D eigenvalue weighted by atomic mass is 35.5. The van der Waals surface area contributed by atoms with Crippen LogP contribution in [0.2, 0.25) is 0 Å². The van der Waals surface area contributed by atoms with Crippen LogP contribution in [-0.2, 0) is 0 Å². The third-order valence-electron chi connectivity index (χ3n) is 1.33. The summed E-state index contributed by atoms with van der Waals surface area (Å²) in [5.74, 6) is 0. The summed E-state index contributed by atoms with van der Waals surface area (Å²) in [4.78, 5) is 0. The van der Waals surface area contributed by atoms with Crippen molar-refractivity contribution in [1.82, 2.24) is 0 Å². The van der Waals surface area contributed by atoms with Crippen molar-refractivity contribution >= 4 is 34.8 Å². The van der Waals surface area contributed by atoms with Crippen LogP contribution in [0.5, 0.6) is 0 Å². The maximum atomic E-state index is 5.80. The van der Waals surface area contributed by atoms with Gasteiger partial charge in [0.05, 0.1) is 16.1 Å². The van der Waals surface area contributed by atoms with E-state index in [9.17, 15) is 0 Å². The normalized spacial score (nSPS) is 43.2. The molecule has 0 fully saturated rings. The monoisotopic (exact) mass is 184 g/mol. The van der Waals surface area contributed by atoms with Gasteiger partial charge in [0.15, 0.2) is 0 Å². The second kappa shape index (κ2) is 3.14. The number of hydrogen-bond donors (Lipinski definition) is 0. The lowest BCUT2D eigenvalue weighted by atomic mass is 10.1. The number of alkyl halides is 3. The van der Waals surface area contributed by atoms with Crippen LogP contribution in [0, 0.1) is 0 Å². The molecule has 0 aromatic rings. The summed E-state index contributed by atoms with van der Waals surface area (Å²) in [5, 5.41) is -0.208. The van der Waals surface area contributed by atoms with Gasteiger partial charge in [-0.25, -0.2) is 0 Å². The molecule has 0 N–H and O–H groups in total. The fourth-order valence-corrected chi connectivity index (χ4v) is 1.57. The molecule has 0 aromatic carbocycles. The highest BCUT2D eigenvalue weighted by Gasteiger charge is 2.24. The Bertz CT molecular complexity index is 121. The maximum absolute atomic E-state index is 5.80. The van der Waals surface area contributed by atoms with Crippen LogP contribution in [0.4, 0.5) is 0 Å². The zero-order valence-corrected chi connectivity index (χ0v) is 7.00. The van der Waals surface area contributed by atoms with Crippen molar-refractivity contribution in [3.8, 4) is 0 Å². The first-order valence-electron chi connectivity index (χ1n) is 2.80. The molecule has 3 unspecified atom stereocenters. The molecule has 0 aromatic heterocycles. The van der Waals surface area contributed by atoms with Crippen molar-refractivity contribution in [1.29, 1.82) is 0 Å². The molecule has 9 heavy (non-hydrogen) atoms. The van der Waals surface area contributed by atoms with E-state index in [-0.39, 0.29) is 16.1 Å². The minimum Gasteiger partial charge on any atom is -0.121 e. The Morgan fingerprint density at radius 2 is 1.89 bits per heavy atom. The van der Waals surface area contributed by atoms with Crippen molar-refractivity contribution in [3.05, 3.63) is 12.2 Å². The lowest BCUT2D eigenvalue weighted by Crippen LogP contribution is -2.26. The lowest BCUT2D eigenvalue weighted by Gasteiger charge is -2.21. The van der Waals surface area contributed by atoms with Crippen LogP contribution in [0.3, 0.4) is 0 Å². The van der Waals surface area contributed by atoms with E-state index in [2.05, 4.69) is 0 Å². The molecule has 3 atom stereocenters. The average molecular weight is 185 g/mol. The summed E-state index contributed by atoms with van der Waals surface area (Å²) in [6.45, 7) is 0. The summed E-state index contributed by atoms with van der Waals surface area (Å²) < 4.78 is 0. The van der Waals surface area contributed by atoms with Gasteiger partial charge in [0, 0.05) is 0 Å². The van der Waals surface area contributed by atoms with Gasteiger partial charge in [-0.1, -0.05) is 12.2 Å². The Morgan fingerprint density at radius 3 is 2.33 bits per heavy atom. The molecule has 0 aliphatic heterocycles. The Hall–Kier alpha value is 0.610.